The molecule has 0 saturated carbocycles. The summed E-state index contributed by atoms with van der Waals surface area (Å²) >= 11 is 0. The van der Waals surface area contributed by atoms with Gasteiger partial charge in [-0.3, -0.25) is 0 Å². The van der Waals surface area contributed by atoms with Crippen LogP contribution < -0.4 is 5.22 Å². The van der Waals surface area contributed by atoms with E-state index in [-0.39, 0.29) is 0 Å². The van der Waals surface area contributed by atoms with Crippen LogP contribution in [0, 0.1) is 0 Å². The number of fused-ring (bicyclic) bond motifs is 3. The quantitative estimate of drug-likeness (QED) is 0.452. The lowest BCUT2D eigenvalue weighted by molar-refractivity contribution is 0.591. The molecule has 2 aromatic heterocycles. The van der Waals surface area contributed by atoms with Crippen LogP contribution in [0.5, 0.6) is 0 Å². The Bertz CT molecular complexity index is 1270. The number of hydrogen-bond acceptors (Lipinski definition) is 1. The average Bonchev–Trinajstić information content (AvgIpc) is 3.04. The summed E-state index contributed by atoms with van der Waals surface area (Å²) in [5.74, 6) is 0.721. The van der Waals surface area contributed by atoms with Crippen LogP contribution >= 0.6 is 0 Å². The zero-order valence-electron chi connectivity index (χ0n) is 17.4. The van der Waals surface area contributed by atoms with Crippen molar-refractivity contribution < 1.29 is 4.42 Å². The van der Waals surface area contributed by atoms with Crippen LogP contribution in [0.15, 0.2) is 60.6 Å². The molecule has 2 heterocycles. The summed E-state index contributed by atoms with van der Waals surface area (Å²) in [6, 6.07) is 8.03. The first-order valence-corrected chi connectivity index (χ1v) is 9.76. The minimum Gasteiger partial charge on any atom is -0.455 e. The maximum Gasteiger partial charge on any atom is 0.151 e. The van der Waals surface area contributed by atoms with Crippen LogP contribution in [0.25, 0.3) is 53.1 Å². The second-order valence-corrected chi connectivity index (χ2v) is 6.56. The number of aromatic nitrogens is 1. The largest absolute Gasteiger partial charge is 0.455 e. The predicted molar refractivity (Wildman–Crippen MR) is 130 cm³/mol. The van der Waals surface area contributed by atoms with Gasteiger partial charge in [0, 0.05) is 21.9 Å². The van der Waals surface area contributed by atoms with Crippen LogP contribution in [0.3, 0.4) is 0 Å². The standard InChI is InChI=1S/C27H27NO/c1-7-15-21-19(9-3)27-20(10-4)22(16-8-2)25(12-6)29-26-18-14-13-17-24(26)28(27)23(21)11-5/h7-18H,3,5-6H2,1-2,4H3/b15-7-,16-8-,20-10-,25-22?. The number of rotatable bonds is 5. The van der Waals surface area contributed by atoms with Gasteiger partial charge in [-0.15, -0.1) is 0 Å². The van der Waals surface area contributed by atoms with Crippen molar-refractivity contribution in [3.8, 4) is 0 Å². The second kappa shape index (κ2) is 8.66. The van der Waals surface area contributed by atoms with Gasteiger partial charge in [0.25, 0.3) is 0 Å². The number of allylic oxidation sites excluding steroid dienone is 2. The molecule has 3 aromatic rings. The molecule has 2 nitrogen and oxygen atoms in total. The molecular weight excluding hydrogens is 354 g/mol. The third-order valence-electron chi connectivity index (χ3n) is 4.96. The van der Waals surface area contributed by atoms with Crippen molar-refractivity contribution >= 4 is 53.1 Å². The van der Waals surface area contributed by atoms with E-state index in [1.165, 1.54) is 0 Å². The van der Waals surface area contributed by atoms with E-state index in [9.17, 15) is 0 Å². The van der Waals surface area contributed by atoms with Gasteiger partial charge in [-0.05, 0) is 45.1 Å². The van der Waals surface area contributed by atoms with Gasteiger partial charge in [-0.1, -0.05) is 68.3 Å². The SMILES string of the molecule is C=Cc1oc2ccccc2n2c(C=C)c(/C=C\C)c(C=C)c2/c(=C\C)c1/C=C\C. The van der Waals surface area contributed by atoms with E-state index in [4.69, 9.17) is 4.42 Å². The molecule has 0 N–H and O–H groups in total. The first kappa shape index (κ1) is 20.2. The maximum atomic E-state index is 6.35. The molecule has 1 aromatic carbocycles. The molecule has 0 aliphatic rings. The molecule has 0 bridgehead atoms. The second-order valence-electron chi connectivity index (χ2n) is 6.56. The van der Waals surface area contributed by atoms with E-state index in [0.717, 1.165) is 50.0 Å². The summed E-state index contributed by atoms with van der Waals surface area (Å²) < 4.78 is 8.57. The van der Waals surface area contributed by atoms with Crippen LogP contribution in [0.1, 0.15) is 48.9 Å². The fourth-order valence-corrected chi connectivity index (χ4v) is 3.84. The normalized spacial score (nSPS) is 12.3. The molecule has 0 spiro atoms. The number of benzene rings is 1. The molecule has 146 valence electrons. The highest BCUT2D eigenvalue weighted by atomic mass is 16.3. The predicted octanol–water partition coefficient (Wildman–Crippen LogP) is 7.32. The number of hydrogen-bond donors (Lipinski definition) is 0. The Morgan fingerprint density at radius 2 is 1.52 bits per heavy atom. The van der Waals surface area contributed by atoms with Gasteiger partial charge >= 0.3 is 0 Å². The van der Waals surface area contributed by atoms with Gasteiger partial charge in [0.15, 0.2) is 5.58 Å². The highest BCUT2D eigenvalue weighted by molar-refractivity contribution is 5.90. The van der Waals surface area contributed by atoms with Gasteiger partial charge in [0.05, 0.1) is 16.7 Å². The molecule has 0 aliphatic heterocycles. The zero-order chi connectivity index (χ0) is 21.0. The van der Waals surface area contributed by atoms with E-state index in [2.05, 4.69) is 48.4 Å². The molecular formula is C27H27NO. The van der Waals surface area contributed by atoms with Crippen LogP contribution in [-0.4, -0.2) is 4.40 Å². The summed E-state index contributed by atoms with van der Waals surface area (Å²) in [5, 5.41) is 1.06. The molecule has 0 unspecified atom stereocenters. The molecule has 0 aliphatic carbocycles. The van der Waals surface area contributed by atoms with Gasteiger partial charge in [0.1, 0.15) is 5.76 Å². The van der Waals surface area contributed by atoms with Crippen LogP contribution in [0.4, 0.5) is 0 Å². The highest BCUT2D eigenvalue weighted by Gasteiger charge is 2.17. The molecule has 0 radical (unpaired) electrons. The lowest BCUT2D eigenvalue weighted by Gasteiger charge is -2.08. The fourth-order valence-electron chi connectivity index (χ4n) is 3.84. The summed E-state index contributed by atoms with van der Waals surface area (Å²) in [4.78, 5) is 0. The Balaban J connectivity index is 2.93. The van der Waals surface area contributed by atoms with Crippen LogP contribution in [0.2, 0.25) is 0 Å². The molecule has 0 saturated heterocycles. The minimum atomic E-state index is 0.721. The van der Waals surface area contributed by atoms with E-state index in [1.54, 1.807) is 6.08 Å². The van der Waals surface area contributed by atoms with E-state index in [1.807, 2.05) is 63.3 Å². The van der Waals surface area contributed by atoms with Crippen molar-refractivity contribution in [2.75, 3.05) is 0 Å². The third-order valence-corrected chi connectivity index (χ3v) is 4.96. The Labute approximate surface area is 172 Å². The molecule has 29 heavy (non-hydrogen) atoms. The number of para-hydroxylation sites is 2. The first-order chi connectivity index (χ1) is 14.2. The Morgan fingerprint density at radius 3 is 2.10 bits per heavy atom. The van der Waals surface area contributed by atoms with Gasteiger partial charge in [-0.25, -0.2) is 0 Å². The summed E-state index contributed by atoms with van der Waals surface area (Å²) in [5.41, 5.74) is 6.91. The third kappa shape index (κ3) is 3.27. The summed E-state index contributed by atoms with van der Waals surface area (Å²) in [7, 11) is 0. The highest BCUT2D eigenvalue weighted by Crippen LogP contribution is 2.29. The van der Waals surface area contributed by atoms with E-state index >= 15 is 0 Å². The van der Waals surface area contributed by atoms with Gasteiger partial charge < -0.3 is 8.82 Å². The van der Waals surface area contributed by atoms with Crippen molar-refractivity contribution in [2.24, 2.45) is 0 Å². The smallest absolute Gasteiger partial charge is 0.151 e. The van der Waals surface area contributed by atoms with Gasteiger partial charge in [0.2, 0.25) is 0 Å². The average molecular weight is 382 g/mol. The van der Waals surface area contributed by atoms with Crippen molar-refractivity contribution in [2.45, 2.75) is 20.8 Å². The lowest BCUT2D eigenvalue weighted by atomic mass is 10.0. The summed E-state index contributed by atoms with van der Waals surface area (Å²) in [6.45, 7) is 18.3. The van der Waals surface area contributed by atoms with Crippen molar-refractivity contribution in [1.29, 1.82) is 0 Å². The van der Waals surface area contributed by atoms with Crippen LogP contribution in [-0.2, 0) is 0 Å². The van der Waals surface area contributed by atoms with Crippen molar-refractivity contribution in [3.05, 3.63) is 89.5 Å². The lowest BCUT2D eigenvalue weighted by Crippen LogP contribution is -2.11. The van der Waals surface area contributed by atoms with Crippen molar-refractivity contribution in [3.63, 3.8) is 0 Å². The Hall–Kier alpha value is -3.52. The first-order valence-electron chi connectivity index (χ1n) is 9.76. The molecule has 0 fully saturated rings. The van der Waals surface area contributed by atoms with Gasteiger partial charge in [-0.2, -0.15) is 0 Å². The van der Waals surface area contributed by atoms with E-state index < -0.39 is 0 Å². The summed E-state index contributed by atoms with van der Waals surface area (Å²) in [6.07, 6.45) is 15.9. The Kier molecular flexibility index (Phi) is 6.04. The monoisotopic (exact) mass is 381 g/mol. The molecule has 0 amide bonds. The maximum absolute atomic E-state index is 6.35. The zero-order valence-corrected chi connectivity index (χ0v) is 17.4. The Morgan fingerprint density at radius 1 is 0.828 bits per heavy atom. The molecule has 3 rings (SSSR count). The fraction of sp³-hybridized carbons (Fsp3) is 0.111. The van der Waals surface area contributed by atoms with Crippen molar-refractivity contribution in [1.82, 2.24) is 4.40 Å². The topological polar surface area (TPSA) is 17.6 Å². The molecule has 0 atom stereocenters. The minimum absolute atomic E-state index is 0.721. The van der Waals surface area contributed by atoms with E-state index in [0.29, 0.717) is 0 Å². The number of nitrogens with zero attached hydrogens (tertiary/aromatic N) is 1. The molecule has 2 heteroatoms.